The van der Waals surface area contributed by atoms with E-state index in [0.29, 0.717) is 17.4 Å². The number of carboxylic acid groups (broad SMARTS) is 1. The quantitative estimate of drug-likeness (QED) is 0.223. The number of nitrogens with zero attached hydrogens (tertiary/aromatic N) is 1. The number of unbranched alkanes of at least 4 members (excludes halogenated alkanes) is 10. The zero-order valence-corrected chi connectivity index (χ0v) is 17.6. The van der Waals surface area contributed by atoms with Crippen LogP contribution < -0.4 is 5.11 Å². The van der Waals surface area contributed by atoms with Crippen molar-refractivity contribution in [2.24, 2.45) is 0 Å². The molecular weight excluding hydrogens is 330 g/mol. The Morgan fingerprint density at radius 1 is 0.846 bits per heavy atom. The fourth-order valence-electron chi connectivity index (χ4n) is 3.12. The van der Waals surface area contributed by atoms with E-state index in [9.17, 15) is 14.7 Å². The minimum Gasteiger partial charge on any atom is -0.550 e. The first-order valence-electron chi connectivity index (χ1n) is 10.4. The van der Waals surface area contributed by atoms with E-state index in [1.54, 1.807) is 0 Å². The number of hydrogen-bond acceptors (Lipinski definition) is 4. The molecule has 0 radical (unpaired) electrons. The van der Waals surface area contributed by atoms with Crippen molar-refractivity contribution in [1.29, 1.82) is 0 Å². The summed E-state index contributed by atoms with van der Waals surface area (Å²) in [5, 5.41) is 10.8. The Morgan fingerprint density at radius 2 is 1.31 bits per heavy atom. The maximum Gasteiger partial charge on any atom is 0.306 e. The van der Waals surface area contributed by atoms with Gasteiger partial charge in [0.05, 0.1) is 21.1 Å². The lowest BCUT2D eigenvalue weighted by molar-refractivity contribution is -0.873. The highest BCUT2D eigenvalue weighted by molar-refractivity contribution is 5.70. The molecule has 0 aromatic carbocycles. The Balaban J connectivity index is 3.72. The third kappa shape index (κ3) is 17.7. The molecule has 26 heavy (non-hydrogen) atoms. The second-order valence-electron chi connectivity index (χ2n) is 8.45. The van der Waals surface area contributed by atoms with Crippen LogP contribution in [0.2, 0.25) is 0 Å². The van der Waals surface area contributed by atoms with Crippen molar-refractivity contribution in [2.45, 2.75) is 96.5 Å². The molecule has 0 aromatic heterocycles. The van der Waals surface area contributed by atoms with Gasteiger partial charge < -0.3 is 19.1 Å². The van der Waals surface area contributed by atoms with Crippen molar-refractivity contribution < 1.29 is 23.9 Å². The van der Waals surface area contributed by atoms with E-state index in [0.717, 1.165) is 19.3 Å². The van der Waals surface area contributed by atoms with Crippen molar-refractivity contribution in [3.63, 3.8) is 0 Å². The monoisotopic (exact) mass is 371 g/mol. The van der Waals surface area contributed by atoms with E-state index < -0.39 is 12.1 Å². The molecule has 0 aliphatic rings. The van der Waals surface area contributed by atoms with E-state index in [1.165, 1.54) is 51.4 Å². The molecule has 0 unspecified atom stereocenters. The standard InChI is InChI=1S/C21H41NO4/c1-5-6-7-8-9-10-11-12-13-14-15-16-21(25)26-19(17-20(23)24)18-22(2,3)4/h19H,5-18H2,1-4H3/t19-/m1/s1. The summed E-state index contributed by atoms with van der Waals surface area (Å²) in [7, 11) is 5.83. The minimum atomic E-state index is -1.18. The predicted octanol–water partition coefficient (Wildman–Crippen LogP) is 3.45. The van der Waals surface area contributed by atoms with Crippen LogP contribution in [0.1, 0.15) is 90.4 Å². The zero-order chi connectivity index (χ0) is 19.8. The summed E-state index contributed by atoms with van der Waals surface area (Å²) in [4.78, 5) is 22.8. The molecule has 1 atom stereocenters. The second kappa shape index (κ2) is 15.0. The van der Waals surface area contributed by atoms with Gasteiger partial charge in [-0.2, -0.15) is 0 Å². The Bertz CT molecular complexity index is 377. The smallest absolute Gasteiger partial charge is 0.306 e. The van der Waals surface area contributed by atoms with Crippen molar-refractivity contribution in [3.05, 3.63) is 0 Å². The molecule has 0 saturated heterocycles. The van der Waals surface area contributed by atoms with Crippen molar-refractivity contribution >= 4 is 11.9 Å². The number of likely N-dealkylation sites (N-methyl/N-ethyl adjacent to an activating group) is 1. The van der Waals surface area contributed by atoms with Gasteiger partial charge in [0.1, 0.15) is 6.54 Å². The van der Waals surface area contributed by atoms with Crippen LogP contribution in [0.5, 0.6) is 0 Å². The molecule has 5 heteroatoms. The molecule has 0 amide bonds. The molecule has 0 aliphatic heterocycles. The van der Waals surface area contributed by atoms with Crippen molar-refractivity contribution in [2.75, 3.05) is 27.7 Å². The van der Waals surface area contributed by atoms with E-state index in [-0.39, 0.29) is 12.4 Å². The molecule has 154 valence electrons. The summed E-state index contributed by atoms with van der Waals surface area (Å²) in [5.74, 6) is -1.47. The van der Waals surface area contributed by atoms with Crippen LogP contribution in [0.25, 0.3) is 0 Å². The highest BCUT2D eigenvalue weighted by Gasteiger charge is 2.22. The molecule has 0 rings (SSSR count). The van der Waals surface area contributed by atoms with Gasteiger partial charge in [-0.05, 0) is 6.42 Å². The summed E-state index contributed by atoms with van der Waals surface area (Å²) in [5.41, 5.74) is 0. The number of carbonyl (C=O) groups is 2. The second-order valence-corrected chi connectivity index (χ2v) is 8.45. The van der Waals surface area contributed by atoms with Gasteiger partial charge in [0.15, 0.2) is 6.10 Å². The lowest BCUT2D eigenvalue weighted by Gasteiger charge is -2.29. The first kappa shape index (κ1) is 24.9. The molecule has 0 spiro atoms. The Morgan fingerprint density at radius 3 is 1.73 bits per heavy atom. The Kier molecular flexibility index (Phi) is 14.4. The maximum atomic E-state index is 11.9. The number of carbonyl (C=O) groups excluding carboxylic acids is 2. The van der Waals surface area contributed by atoms with Gasteiger partial charge in [0, 0.05) is 18.8 Å². The number of carboxylic acids is 1. The van der Waals surface area contributed by atoms with E-state index >= 15 is 0 Å². The average Bonchev–Trinajstić information content (AvgIpc) is 2.50. The molecule has 0 heterocycles. The molecule has 0 aliphatic carbocycles. The summed E-state index contributed by atoms with van der Waals surface area (Å²) >= 11 is 0. The summed E-state index contributed by atoms with van der Waals surface area (Å²) in [6, 6.07) is 0. The molecule has 0 bridgehead atoms. The van der Waals surface area contributed by atoms with Crippen LogP contribution in [-0.2, 0) is 14.3 Å². The topological polar surface area (TPSA) is 66.4 Å². The minimum absolute atomic E-state index is 0.237. The Labute approximate surface area is 160 Å². The summed E-state index contributed by atoms with van der Waals surface area (Å²) < 4.78 is 5.90. The predicted molar refractivity (Wildman–Crippen MR) is 103 cm³/mol. The van der Waals surface area contributed by atoms with Gasteiger partial charge in [-0.15, -0.1) is 0 Å². The first-order valence-corrected chi connectivity index (χ1v) is 10.4. The van der Waals surface area contributed by atoms with Crippen LogP contribution in [0.4, 0.5) is 0 Å². The van der Waals surface area contributed by atoms with Gasteiger partial charge in [0.2, 0.25) is 0 Å². The molecule has 0 aromatic rings. The van der Waals surface area contributed by atoms with Crippen LogP contribution in [0, 0.1) is 0 Å². The van der Waals surface area contributed by atoms with E-state index in [4.69, 9.17) is 4.74 Å². The highest BCUT2D eigenvalue weighted by atomic mass is 16.5. The first-order chi connectivity index (χ1) is 12.2. The number of quaternary nitrogens is 1. The van der Waals surface area contributed by atoms with Gasteiger partial charge in [0.25, 0.3) is 0 Å². The maximum absolute atomic E-state index is 11.9. The van der Waals surface area contributed by atoms with Gasteiger partial charge in [-0.1, -0.05) is 71.1 Å². The summed E-state index contributed by atoms with van der Waals surface area (Å²) in [6.45, 7) is 2.71. The zero-order valence-electron chi connectivity index (χ0n) is 17.6. The van der Waals surface area contributed by atoms with Gasteiger partial charge in [-0.3, -0.25) is 4.79 Å². The lowest BCUT2D eigenvalue weighted by Crippen LogP contribution is -2.45. The van der Waals surface area contributed by atoms with Crippen LogP contribution >= 0.6 is 0 Å². The normalized spacial score (nSPS) is 12.8. The fourth-order valence-corrected chi connectivity index (χ4v) is 3.12. The third-order valence-electron chi connectivity index (χ3n) is 4.43. The largest absolute Gasteiger partial charge is 0.550 e. The number of rotatable bonds is 17. The average molecular weight is 372 g/mol. The van der Waals surface area contributed by atoms with E-state index in [1.807, 2.05) is 21.1 Å². The highest BCUT2D eigenvalue weighted by Crippen LogP contribution is 2.13. The molecule has 0 fully saturated rings. The van der Waals surface area contributed by atoms with Crippen molar-refractivity contribution in [3.8, 4) is 0 Å². The summed E-state index contributed by atoms with van der Waals surface area (Å²) in [6.07, 6.45) is 13.1. The number of ether oxygens (including phenoxy) is 1. The van der Waals surface area contributed by atoms with Gasteiger partial charge >= 0.3 is 5.97 Å². The van der Waals surface area contributed by atoms with Crippen LogP contribution in [0.15, 0.2) is 0 Å². The van der Waals surface area contributed by atoms with Crippen LogP contribution in [0.3, 0.4) is 0 Å². The molecule has 5 nitrogen and oxygen atoms in total. The van der Waals surface area contributed by atoms with Crippen molar-refractivity contribution in [1.82, 2.24) is 0 Å². The molecule has 0 saturated carbocycles. The number of esters is 1. The van der Waals surface area contributed by atoms with Crippen LogP contribution in [-0.4, -0.2) is 50.2 Å². The SMILES string of the molecule is CCCCCCCCCCCCCC(=O)O[C@H](CC(=O)[O-])C[N+](C)(C)C. The number of aliphatic carboxylic acids is 1. The lowest BCUT2D eigenvalue weighted by atomic mass is 10.1. The third-order valence-corrected chi connectivity index (χ3v) is 4.43. The van der Waals surface area contributed by atoms with Gasteiger partial charge in [-0.25, -0.2) is 0 Å². The Hall–Kier alpha value is -1.10. The van der Waals surface area contributed by atoms with E-state index in [2.05, 4.69) is 6.92 Å². The fraction of sp³-hybridized carbons (Fsp3) is 0.905. The molecule has 0 N–H and O–H groups in total. The molecular formula is C21H41NO4. The number of hydrogen-bond donors (Lipinski definition) is 0.